The molecule has 0 aliphatic carbocycles. The highest BCUT2D eigenvalue weighted by atomic mass is 16.5. The number of hydrogen-bond acceptors (Lipinski definition) is 2. The van der Waals surface area contributed by atoms with E-state index in [4.69, 9.17) is 4.74 Å². The zero-order valence-corrected chi connectivity index (χ0v) is 10.7. The Hall–Kier alpha value is -1.35. The number of carbonyl (C=O) groups is 1. The predicted octanol–water partition coefficient (Wildman–Crippen LogP) is 2.34. The molecular formula is C14H19NO2. The molecule has 3 heteroatoms. The Morgan fingerprint density at radius 3 is 2.24 bits per heavy atom. The van der Waals surface area contributed by atoms with Gasteiger partial charge in [-0.3, -0.25) is 4.79 Å². The summed E-state index contributed by atoms with van der Waals surface area (Å²) < 4.78 is 5.51. The van der Waals surface area contributed by atoms with Crippen LogP contribution in [0.2, 0.25) is 0 Å². The van der Waals surface area contributed by atoms with Crippen molar-refractivity contribution in [1.29, 1.82) is 0 Å². The van der Waals surface area contributed by atoms with Crippen molar-refractivity contribution in [2.75, 3.05) is 6.61 Å². The Balaban J connectivity index is 1.92. The van der Waals surface area contributed by atoms with Crippen LogP contribution in [0.5, 0.6) is 0 Å². The van der Waals surface area contributed by atoms with Crippen LogP contribution in [0, 0.1) is 0 Å². The maximum Gasteiger partial charge on any atom is 0.249 e. The summed E-state index contributed by atoms with van der Waals surface area (Å²) in [6.45, 7) is 7.46. The number of hydrogen-bond donors (Lipinski definition) is 0. The quantitative estimate of drug-likeness (QED) is 0.784. The minimum atomic E-state index is -0.262. The van der Waals surface area contributed by atoms with Crippen LogP contribution in [0.15, 0.2) is 24.3 Å². The molecule has 0 saturated carbocycles. The highest BCUT2D eigenvalue weighted by molar-refractivity contribution is 5.78. The van der Waals surface area contributed by atoms with Gasteiger partial charge in [0.15, 0.2) is 0 Å². The van der Waals surface area contributed by atoms with Crippen LogP contribution < -0.4 is 0 Å². The van der Waals surface area contributed by atoms with Crippen molar-refractivity contribution < 1.29 is 9.53 Å². The van der Waals surface area contributed by atoms with Gasteiger partial charge in [-0.25, -0.2) is 0 Å². The Morgan fingerprint density at radius 1 is 1.24 bits per heavy atom. The van der Waals surface area contributed by atoms with Gasteiger partial charge in [-0.05, 0) is 31.9 Å². The van der Waals surface area contributed by atoms with E-state index in [1.807, 2.05) is 37.8 Å². The Kier molecular flexibility index (Phi) is 3.20. The first kappa shape index (κ1) is 12.1. The summed E-state index contributed by atoms with van der Waals surface area (Å²) in [5, 5.41) is 0. The highest BCUT2D eigenvalue weighted by Crippen LogP contribution is 2.22. The average molecular weight is 233 g/mol. The van der Waals surface area contributed by atoms with Gasteiger partial charge in [-0.15, -0.1) is 0 Å². The molecule has 0 aromatic heterocycles. The third kappa shape index (κ3) is 3.07. The second kappa shape index (κ2) is 4.49. The van der Waals surface area contributed by atoms with Crippen LogP contribution in [-0.4, -0.2) is 23.0 Å². The van der Waals surface area contributed by atoms with Crippen molar-refractivity contribution in [1.82, 2.24) is 4.90 Å². The lowest BCUT2D eigenvalue weighted by atomic mass is 10.1. The molecule has 92 valence electrons. The predicted molar refractivity (Wildman–Crippen MR) is 66.4 cm³/mol. The summed E-state index contributed by atoms with van der Waals surface area (Å²) >= 11 is 0. The number of ether oxygens (including phenoxy) is 1. The van der Waals surface area contributed by atoms with Crippen molar-refractivity contribution >= 4 is 5.91 Å². The molecule has 2 rings (SSSR count). The monoisotopic (exact) mass is 233 g/mol. The van der Waals surface area contributed by atoms with Gasteiger partial charge in [0.05, 0.1) is 5.60 Å². The smallest absolute Gasteiger partial charge is 0.249 e. The minimum absolute atomic E-state index is 0.0659. The molecule has 1 heterocycles. The molecule has 1 aromatic rings. The lowest BCUT2D eigenvalue weighted by Gasteiger charge is -2.22. The summed E-state index contributed by atoms with van der Waals surface area (Å²) in [5.74, 6) is 0.0659. The lowest BCUT2D eigenvalue weighted by molar-refractivity contribution is -0.141. The van der Waals surface area contributed by atoms with Gasteiger partial charge < -0.3 is 9.64 Å². The average Bonchev–Trinajstić information content (AvgIpc) is 2.68. The SMILES string of the molecule is CC(C)(C)OCC(=O)N1Cc2ccccc2C1. The fourth-order valence-electron chi connectivity index (χ4n) is 1.88. The summed E-state index contributed by atoms with van der Waals surface area (Å²) in [6, 6.07) is 8.18. The number of carbonyl (C=O) groups excluding carboxylic acids is 1. The summed E-state index contributed by atoms with van der Waals surface area (Å²) in [4.78, 5) is 13.8. The summed E-state index contributed by atoms with van der Waals surface area (Å²) in [6.07, 6.45) is 0. The molecule has 0 bridgehead atoms. The van der Waals surface area contributed by atoms with Gasteiger partial charge in [0.1, 0.15) is 6.61 Å². The molecule has 17 heavy (non-hydrogen) atoms. The van der Waals surface area contributed by atoms with E-state index in [-0.39, 0.29) is 18.1 Å². The van der Waals surface area contributed by atoms with E-state index in [2.05, 4.69) is 12.1 Å². The molecule has 1 aliphatic rings. The lowest BCUT2D eigenvalue weighted by Crippen LogP contribution is -2.33. The van der Waals surface area contributed by atoms with Crippen LogP contribution in [0.1, 0.15) is 31.9 Å². The van der Waals surface area contributed by atoms with Gasteiger partial charge in [0.25, 0.3) is 0 Å². The second-order valence-electron chi connectivity index (χ2n) is 5.42. The molecule has 1 aliphatic heterocycles. The van der Waals surface area contributed by atoms with Crippen LogP contribution in [0.25, 0.3) is 0 Å². The van der Waals surface area contributed by atoms with E-state index in [0.717, 1.165) is 0 Å². The summed E-state index contributed by atoms with van der Waals surface area (Å²) in [7, 11) is 0. The highest BCUT2D eigenvalue weighted by Gasteiger charge is 2.24. The van der Waals surface area contributed by atoms with Crippen molar-refractivity contribution in [2.45, 2.75) is 39.5 Å². The van der Waals surface area contributed by atoms with E-state index >= 15 is 0 Å². The molecule has 0 fully saturated rings. The third-order valence-corrected chi connectivity index (χ3v) is 2.82. The van der Waals surface area contributed by atoms with Crippen LogP contribution in [-0.2, 0) is 22.6 Å². The Labute approximate surface area is 102 Å². The van der Waals surface area contributed by atoms with Crippen LogP contribution in [0.3, 0.4) is 0 Å². The van der Waals surface area contributed by atoms with Gasteiger partial charge in [-0.2, -0.15) is 0 Å². The molecule has 0 saturated heterocycles. The van der Waals surface area contributed by atoms with Crippen molar-refractivity contribution in [3.8, 4) is 0 Å². The Bertz CT molecular complexity index is 395. The minimum Gasteiger partial charge on any atom is -0.366 e. The number of amides is 1. The van der Waals surface area contributed by atoms with Gasteiger partial charge in [0.2, 0.25) is 5.91 Å². The first-order valence-corrected chi connectivity index (χ1v) is 5.94. The largest absolute Gasteiger partial charge is 0.366 e. The molecule has 0 radical (unpaired) electrons. The number of nitrogens with zero attached hydrogens (tertiary/aromatic N) is 1. The first-order valence-electron chi connectivity index (χ1n) is 5.94. The van der Waals surface area contributed by atoms with Crippen LogP contribution >= 0.6 is 0 Å². The third-order valence-electron chi connectivity index (χ3n) is 2.82. The van der Waals surface area contributed by atoms with E-state index in [0.29, 0.717) is 13.1 Å². The van der Waals surface area contributed by atoms with Crippen molar-refractivity contribution in [3.63, 3.8) is 0 Å². The second-order valence-corrected chi connectivity index (χ2v) is 5.42. The number of fused-ring (bicyclic) bond motifs is 1. The Morgan fingerprint density at radius 2 is 1.76 bits per heavy atom. The fourth-order valence-corrected chi connectivity index (χ4v) is 1.88. The fraction of sp³-hybridized carbons (Fsp3) is 0.500. The van der Waals surface area contributed by atoms with E-state index in [1.165, 1.54) is 11.1 Å². The molecule has 3 nitrogen and oxygen atoms in total. The molecule has 0 unspecified atom stereocenters. The van der Waals surface area contributed by atoms with Gasteiger partial charge in [0, 0.05) is 13.1 Å². The normalized spacial score (nSPS) is 14.9. The van der Waals surface area contributed by atoms with Crippen LogP contribution in [0.4, 0.5) is 0 Å². The maximum absolute atomic E-state index is 12.0. The maximum atomic E-state index is 12.0. The molecule has 0 N–H and O–H groups in total. The number of rotatable bonds is 2. The number of benzene rings is 1. The summed E-state index contributed by atoms with van der Waals surface area (Å²) in [5.41, 5.74) is 2.23. The van der Waals surface area contributed by atoms with Crippen molar-refractivity contribution in [3.05, 3.63) is 35.4 Å². The molecule has 1 aromatic carbocycles. The first-order chi connectivity index (χ1) is 7.96. The zero-order chi connectivity index (χ0) is 12.5. The molecule has 1 amide bonds. The molecule has 0 atom stereocenters. The standard InChI is InChI=1S/C14H19NO2/c1-14(2,3)17-10-13(16)15-8-11-6-4-5-7-12(11)9-15/h4-7H,8-10H2,1-3H3. The van der Waals surface area contributed by atoms with Crippen molar-refractivity contribution in [2.24, 2.45) is 0 Å². The van der Waals surface area contributed by atoms with E-state index in [1.54, 1.807) is 0 Å². The zero-order valence-electron chi connectivity index (χ0n) is 10.7. The molecular weight excluding hydrogens is 214 g/mol. The van der Waals surface area contributed by atoms with Gasteiger partial charge in [-0.1, -0.05) is 24.3 Å². The van der Waals surface area contributed by atoms with E-state index < -0.39 is 0 Å². The van der Waals surface area contributed by atoms with E-state index in [9.17, 15) is 4.79 Å². The topological polar surface area (TPSA) is 29.5 Å². The molecule has 0 spiro atoms. The van der Waals surface area contributed by atoms with Gasteiger partial charge >= 0.3 is 0 Å².